The molecule has 2 amide bonds. The highest BCUT2D eigenvalue weighted by Gasteiger charge is 2.30. The van der Waals surface area contributed by atoms with Crippen molar-refractivity contribution in [3.8, 4) is 5.69 Å². The SMILES string of the molecule is CCNC(=O)C1CCCN(C(=O)c2cnn(-c3ccc(F)cc3)c2CC)C1. The van der Waals surface area contributed by atoms with Gasteiger partial charge in [-0.05, 0) is 50.5 Å². The van der Waals surface area contributed by atoms with Crippen LogP contribution in [0.2, 0.25) is 0 Å². The Hall–Kier alpha value is -2.70. The predicted octanol–water partition coefficient (Wildman–Crippen LogP) is 2.56. The predicted molar refractivity (Wildman–Crippen MR) is 100 cm³/mol. The van der Waals surface area contributed by atoms with Crippen LogP contribution in [0.15, 0.2) is 30.5 Å². The number of carbonyl (C=O) groups excluding carboxylic acids is 2. The van der Waals surface area contributed by atoms with Gasteiger partial charge in [0.25, 0.3) is 5.91 Å². The first-order chi connectivity index (χ1) is 13.0. The number of carbonyl (C=O) groups is 2. The number of likely N-dealkylation sites (tertiary alicyclic amines) is 1. The molecule has 1 aromatic carbocycles. The van der Waals surface area contributed by atoms with Gasteiger partial charge in [-0.1, -0.05) is 6.92 Å². The van der Waals surface area contributed by atoms with E-state index in [9.17, 15) is 14.0 Å². The molecule has 0 bridgehead atoms. The Morgan fingerprint density at radius 3 is 2.67 bits per heavy atom. The molecule has 27 heavy (non-hydrogen) atoms. The number of hydrogen-bond acceptors (Lipinski definition) is 3. The van der Waals surface area contributed by atoms with Crippen molar-refractivity contribution in [2.45, 2.75) is 33.1 Å². The molecule has 1 aromatic heterocycles. The number of nitrogens with zero attached hydrogens (tertiary/aromatic N) is 3. The minimum Gasteiger partial charge on any atom is -0.356 e. The van der Waals surface area contributed by atoms with E-state index in [1.165, 1.54) is 12.1 Å². The zero-order valence-corrected chi connectivity index (χ0v) is 15.7. The second-order valence-corrected chi connectivity index (χ2v) is 6.73. The first-order valence-corrected chi connectivity index (χ1v) is 9.45. The first-order valence-electron chi connectivity index (χ1n) is 9.45. The van der Waals surface area contributed by atoms with Crippen molar-refractivity contribution in [2.75, 3.05) is 19.6 Å². The fourth-order valence-electron chi connectivity index (χ4n) is 3.56. The summed E-state index contributed by atoms with van der Waals surface area (Å²) < 4.78 is 14.9. The fraction of sp³-hybridized carbons (Fsp3) is 0.450. The average molecular weight is 372 g/mol. The Balaban J connectivity index is 1.82. The fourth-order valence-corrected chi connectivity index (χ4v) is 3.56. The molecule has 0 saturated carbocycles. The summed E-state index contributed by atoms with van der Waals surface area (Å²) in [6, 6.07) is 6.03. The number of halogens is 1. The highest BCUT2D eigenvalue weighted by molar-refractivity contribution is 5.95. The average Bonchev–Trinajstić information content (AvgIpc) is 3.12. The zero-order chi connectivity index (χ0) is 19.4. The summed E-state index contributed by atoms with van der Waals surface area (Å²) in [6.45, 7) is 5.51. The molecule has 2 aromatic rings. The molecular formula is C20H25FN4O2. The first kappa shape index (κ1) is 19.1. The number of amides is 2. The highest BCUT2D eigenvalue weighted by Crippen LogP contribution is 2.22. The third-order valence-corrected chi connectivity index (χ3v) is 4.94. The lowest BCUT2D eigenvalue weighted by molar-refractivity contribution is -0.126. The maximum absolute atomic E-state index is 13.2. The van der Waals surface area contributed by atoms with Crippen LogP contribution in [0.1, 0.15) is 42.7 Å². The van der Waals surface area contributed by atoms with Gasteiger partial charge in [-0.15, -0.1) is 0 Å². The van der Waals surface area contributed by atoms with E-state index in [1.54, 1.807) is 27.9 Å². The third-order valence-electron chi connectivity index (χ3n) is 4.94. The summed E-state index contributed by atoms with van der Waals surface area (Å²) in [4.78, 5) is 27.0. The number of piperidine rings is 1. The van der Waals surface area contributed by atoms with Gasteiger partial charge >= 0.3 is 0 Å². The van der Waals surface area contributed by atoms with E-state index >= 15 is 0 Å². The van der Waals surface area contributed by atoms with Crippen molar-refractivity contribution in [2.24, 2.45) is 5.92 Å². The number of rotatable bonds is 5. The maximum atomic E-state index is 13.2. The van der Waals surface area contributed by atoms with Crippen molar-refractivity contribution >= 4 is 11.8 Å². The lowest BCUT2D eigenvalue weighted by atomic mass is 9.96. The van der Waals surface area contributed by atoms with Crippen molar-refractivity contribution < 1.29 is 14.0 Å². The Bertz CT molecular complexity index is 816. The maximum Gasteiger partial charge on any atom is 0.257 e. The Morgan fingerprint density at radius 1 is 1.26 bits per heavy atom. The van der Waals surface area contributed by atoms with E-state index in [-0.39, 0.29) is 23.5 Å². The summed E-state index contributed by atoms with van der Waals surface area (Å²) in [7, 11) is 0. The quantitative estimate of drug-likeness (QED) is 0.877. The van der Waals surface area contributed by atoms with Gasteiger partial charge in [0, 0.05) is 19.6 Å². The molecule has 1 aliphatic heterocycles. The van der Waals surface area contributed by atoms with E-state index in [2.05, 4.69) is 10.4 Å². The number of nitrogens with one attached hydrogen (secondary N) is 1. The smallest absolute Gasteiger partial charge is 0.257 e. The van der Waals surface area contributed by atoms with Gasteiger partial charge in [0.2, 0.25) is 5.91 Å². The molecule has 1 unspecified atom stereocenters. The minimum absolute atomic E-state index is 0.00715. The van der Waals surface area contributed by atoms with Gasteiger partial charge < -0.3 is 10.2 Å². The molecule has 1 aliphatic rings. The van der Waals surface area contributed by atoms with E-state index < -0.39 is 0 Å². The third kappa shape index (κ3) is 4.02. The van der Waals surface area contributed by atoms with Gasteiger partial charge in [0.15, 0.2) is 0 Å². The van der Waals surface area contributed by atoms with Crippen LogP contribution in [0.25, 0.3) is 5.69 Å². The Kier molecular flexibility index (Phi) is 5.88. The number of benzene rings is 1. The number of hydrogen-bond donors (Lipinski definition) is 1. The van der Waals surface area contributed by atoms with Crippen molar-refractivity contribution in [1.29, 1.82) is 0 Å². The summed E-state index contributed by atoms with van der Waals surface area (Å²) in [5.41, 5.74) is 2.04. The monoisotopic (exact) mass is 372 g/mol. The molecule has 1 saturated heterocycles. The second kappa shape index (κ2) is 8.33. The lowest BCUT2D eigenvalue weighted by Crippen LogP contribution is -2.45. The standard InChI is InChI=1S/C20H25FN4O2/c1-3-18-17(12-23-25(18)16-9-7-15(21)8-10-16)20(27)24-11-5-6-14(13-24)19(26)22-4-2/h7-10,12,14H,3-6,11,13H2,1-2H3,(H,22,26). The molecule has 2 heterocycles. The Labute approximate surface area is 158 Å². The molecule has 0 radical (unpaired) electrons. The van der Waals surface area contributed by atoms with E-state index in [0.717, 1.165) is 18.5 Å². The molecule has 6 nitrogen and oxygen atoms in total. The molecule has 1 N–H and O–H groups in total. The summed E-state index contributed by atoms with van der Waals surface area (Å²) in [5.74, 6) is -0.577. The van der Waals surface area contributed by atoms with E-state index in [0.29, 0.717) is 37.3 Å². The minimum atomic E-state index is -0.315. The molecule has 7 heteroatoms. The van der Waals surface area contributed by atoms with Gasteiger partial charge in [0.05, 0.1) is 29.1 Å². The van der Waals surface area contributed by atoms with Crippen LogP contribution >= 0.6 is 0 Å². The number of aromatic nitrogens is 2. The normalized spacial score (nSPS) is 17.0. The van der Waals surface area contributed by atoms with Crippen molar-refractivity contribution in [3.63, 3.8) is 0 Å². The summed E-state index contributed by atoms with van der Waals surface area (Å²) in [5, 5.41) is 7.20. The van der Waals surface area contributed by atoms with Crippen LogP contribution in [-0.2, 0) is 11.2 Å². The lowest BCUT2D eigenvalue weighted by Gasteiger charge is -2.32. The molecular weight excluding hydrogens is 347 g/mol. The van der Waals surface area contributed by atoms with Gasteiger partial charge in [-0.25, -0.2) is 9.07 Å². The molecule has 3 rings (SSSR count). The summed E-state index contributed by atoms with van der Waals surface area (Å²) >= 11 is 0. The summed E-state index contributed by atoms with van der Waals surface area (Å²) in [6.07, 6.45) is 3.79. The largest absolute Gasteiger partial charge is 0.356 e. The molecule has 1 fully saturated rings. The van der Waals surface area contributed by atoms with Gasteiger partial charge in [-0.3, -0.25) is 9.59 Å². The van der Waals surface area contributed by atoms with Crippen LogP contribution in [-0.4, -0.2) is 46.1 Å². The van der Waals surface area contributed by atoms with Crippen LogP contribution in [0, 0.1) is 11.7 Å². The second-order valence-electron chi connectivity index (χ2n) is 6.73. The van der Waals surface area contributed by atoms with E-state index in [4.69, 9.17) is 0 Å². The molecule has 144 valence electrons. The highest BCUT2D eigenvalue weighted by atomic mass is 19.1. The van der Waals surface area contributed by atoms with E-state index in [1.807, 2.05) is 13.8 Å². The van der Waals surface area contributed by atoms with Gasteiger partial charge in [0.1, 0.15) is 5.82 Å². The van der Waals surface area contributed by atoms with Crippen LogP contribution < -0.4 is 5.32 Å². The topological polar surface area (TPSA) is 67.2 Å². The molecule has 0 spiro atoms. The Morgan fingerprint density at radius 2 is 2.00 bits per heavy atom. The van der Waals surface area contributed by atoms with Crippen LogP contribution in [0.4, 0.5) is 4.39 Å². The zero-order valence-electron chi connectivity index (χ0n) is 15.7. The van der Waals surface area contributed by atoms with Crippen LogP contribution in [0.3, 0.4) is 0 Å². The van der Waals surface area contributed by atoms with Gasteiger partial charge in [-0.2, -0.15) is 5.10 Å². The molecule has 0 aliphatic carbocycles. The van der Waals surface area contributed by atoms with Crippen LogP contribution in [0.5, 0.6) is 0 Å². The molecule has 1 atom stereocenters. The van der Waals surface area contributed by atoms with Crippen molar-refractivity contribution in [3.05, 3.63) is 47.5 Å². The van der Waals surface area contributed by atoms with Crippen molar-refractivity contribution in [1.82, 2.24) is 20.0 Å².